The third-order valence-corrected chi connectivity index (χ3v) is 2.58. The number of rotatable bonds is 3. The predicted octanol–water partition coefficient (Wildman–Crippen LogP) is 2.51. The van der Waals surface area contributed by atoms with E-state index in [4.69, 9.17) is 10.6 Å². The molecule has 2 aromatic carbocycles. The number of hydrogen-bond acceptors (Lipinski definition) is 4. The highest BCUT2D eigenvalue weighted by atomic mass is 16.5. The van der Waals surface area contributed by atoms with Crippen LogP contribution in [0.4, 0.5) is 0 Å². The summed E-state index contributed by atoms with van der Waals surface area (Å²) in [7, 11) is 0. The van der Waals surface area contributed by atoms with E-state index in [1.165, 1.54) is 6.21 Å². The zero-order chi connectivity index (χ0) is 13.7. The molecular weight excluding hydrogens is 240 g/mol. The number of hydrazone groups is 1. The normalized spacial score (nSPS) is 10.6. The monoisotopic (exact) mass is 254 g/mol. The van der Waals surface area contributed by atoms with E-state index in [2.05, 4.69) is 5.10 Å². The number of aryl methyl sites for hydroxylation is 1. The van der Waals surface area contributed by atoms with Crippen LogP contribution in [0.15, 0.2) is 53.6 Å². The van der Waals surface area contributed by atoms with Gasteiger partial charge >= 0.3 is 5.97 Å². The summed E-state index contributed by atoms with van der Waals surface area (Å²) in [6, 6.07) is 14.2. The molecule has 0 saturated heterocycles. The molecule has 2 aromatic rings. The van der Waals surface area contributed by atoms with Crippen molar-refractivity contribution in [1.29, 1.82) is 0 Å². The largest absolute Gasteiger partial charge is 0.423 e. The lowest BCUT2D eigenvalue weighted by atomic mass is 10.1. The number of benzene rings is 2. The summed E-state index contributed by atoms with van der Waals surface area (Å²) in [5.74, 6) is 5.15. The van der Waals surface area contributed by atoms with E-state index in [-0.39, 0.29) is 5.97 Å². The van der Waals surface area contributed by atoms with Crippen LogP contribution in [0, 0.1) is 6.92 Å². The molecule has 0 aliphatic rings. The van der Waals surface area contributed by atoms with Crippen LogP contribution in [0.5, 0.6) is 5.75 Å². The van der Waals surface area contributed by atoms with Gasteiger partial charge in [-0.15, -0.1) is 0 Å². The highest BCUT2D eigenvalue weighted by Gasteiger charge is 2.08. The number of ether oxygens (including phenoxy) is 1. The molecule has 0 bridgehead atoms. The Balaban J connectivity index is 2.14. The van der Waals surface area contributed by atoms with Crippen molar-refractivity contribution in [3.05, 3.63) is 65.2 Å². The van der Waals surface area contributed by atoms with Crippen molar-refractivity contribution in [2.45, 2.75) is 6.92 Å². The third-order valence-electron chi connectivity index (χ3n) is 2.58. The summed E-state index contributed by atoms with van der Waals surface area (Å²) in [6.45, 7) is 1.96. The van der Waals surface area contributed by atoms with Crippen LogP contribution in [-0.2, 0) is 0 Å². The van der Waals surface area contributed by atoms with E-state index in [9.17, 15) is 4.79 Å². The molecule has 0 unspecified atom stereocenters. The van der Waals surface area contributed by atoms with Crippen molar-refractivity contribution in [3.8, 4) is 5.75 Å². The Labute approximate surface area is 111 Å². The van der Waals surface area contributed by atoms with Gasteiger partial charge in [0, 0.05) is 0 Å². The van der Waals surface area contributed by atoms with Crippen molar-refractivity contribution >= 4 is 12.2 Å². The second-order valence-corrected chi connectivity index (χ2v) is 4.11. The van der Waals surface area contributed by atoms with Gasteiger partial charge in [-0.2, -0.15) is 5.10 Å². The molecule has 0 atom stereocenters. The summed E-state index contributed by atoms with van der Waals surface area (Å²) in [6.07, 6.45) is 1.49. The summed E-state index contributed by atoms with van der Waals surface area (Å²) in [5, 5.41) is 3.43. The topological polar surface area (TPSA) is 64.7 Å². The van der Waals surface area contributed by atoms with Crippen molar-refractivity contribution in [2.24, 2.45) is 10.9 Å². The van der Waals surface area contributed by atoms with Crippen LogP contribution in [0.2, 0.25) is 0 Å². The van der Waals surface area contributed by atoms with Gasteiger partial charge in [0.2, 0.25) is 0 Å². The van der Waals surface area contributed by atoms with Crippen LogP contribution >= 0.6 is 0 Å². The molecule has 0 aromatic heterocycles. The first kappa shape index (κ1) is 12.8. The van der Waals surface area contributed by atoms with Crippen molar-refractivity contribution in [2.75, 3.05) is 0 Å². The maximum atomic E-state index is 11.9. The Hall–Kier alpha value is -2.62. The number of nitrogens with two attached hydrogens (primary N) is 1. The van der Waals surface area contributed by atoms with Crippen molar-refractivity contribution < 1.29 is 9.53 Å². The summed E-state index contributed by atoms with van der Waals surface area (Å²) >= 11 is 0. The average Bonchev–Trinajstić information content (AvgIpc) is 2.40. The van der Waals surface area contributed by atoms with Gasteiger partial charge < -0.3 is 10.6 Å². The van der Waals surface area contributed by atoms with Gasteiger partial charge in [0.25, 0.3) is 0 Å². The van der Waals surface area contributed by atoms with E-state index >= 15 is 0 Å². The fraction of sp³-hybridized carbons (Fsp3) is 0.0667. The van der Waals surface area contributed by atoms with Crippen LogP contribution in [-0.4, -0.2) is 12.2 Å². The zero-order valence-corrected chi connectivity index (χ0v) is 10.5. The Kier molecular flexibility index (Phi) is 3.93. The molecule has 0 aliphatic carbocycles. The van der Waals surface area contributed by atoms with Gasteiger partial charge in [0.1, 0.15) is 5.75 Å². The molecule has 2 rings (SSSR count). The summed E-state index contributed by atoms with van der Waals surface area (Å²) < 4.78 is 5.29. The first-order chi connectivity index (χ1) is 9.19. The molecule has 0 fully saturated rings. The van der Waals surface area contributed by atoms with Gasteiger partial charge in [0.15, 0.2) is 0 Å². The average molecular weight is 254 g/mol. The number of carbonyl (C=O) groups excluding carboxylic acids is 1. The van der Waals surface area contributed by atoms with Gasteiger partial charge in [-0.3, -0.25) is 0 Å². The summed E-state index contributed by atoms with van der Waals surface area (Å²) in [4.78, 5) is 11.9. The van der Waals surface area contributed by atoms with E-state index in [1.807, 2.05) is 25.1 Å². The Morgan fingerprint density at radius 2 is 1.95 bits per heavy atom. The molecule has 19 heavy (non-hydrogen) atoms. The molecular formula is C15H14N2O2. The van der Waals surface area contributed by atoms with Crippen LogP contribution in [0.25, 0.3) is 0 Å². The van der Waals surface area contributed by atoms with Crippen LogP contribution in [0.1, 0.15) is 21.5 Å². The smallest absolute Gasteiger partial charge is 0.343 e. The lowest BCUT2D eigenvalue weighted by molar-refractivity contribution is 0.0735. The van der Waals surface area contributed by atoms with Crippen LogP contribution < -0.4 is 10.6 Å². The van der Waals surface area contributed by atoms with Gasteiger partial charge in [-0.25, -0.2) is 4.79 Å². The minimum Gasteiger partial charge on any atom is -0.423 e. The second kappa shape index (κ2) is 5.82. The molecule has 2 N–H and O–H groups in total. The Morgan fingerprint density at radius 1 is 1.21 bits per heavy atom. The maximum Gasteiger partial charge on any atom is 0.343 e. The predicted molar refractivity (Wildman–Crippen MR) is 74.4 cm³/mol. The number of hydrogen-bond donors (Lipinski definition) is 1. The minimum atomic E-state index is -0.387. The van der Waals surface area contributed by atoms with Gasteiger partial charge in [-0.1, -0.05) is 29.8 Å². The highest BCUT2D eigenvalue weighted by molar-refractivity contribution is 5.91. The fourth-order valence-electron chi connectivity index (χ4n) is 1.60. The van der Waals surface area contributed by atoms with Gasteiger partial charge in [-0.05, 0) is 36.8 Å². The molecule has 96 valence electrons. The first-order valence-corrected chi connectivity index (χ1v) is 5.81. The first-order valence-electron chi connectivity index (χ1n) is 5.81. The van der Waals surface area contributed by atoms with Crippen molar-refractivity contribution in [3.63, 3.8) is 0 Å². The number of nitrogens with zero attached hydrogens (tertiary/aromatic N) is 1. The molecule has 0 amide bonds. The van der Waals surface area contributed by atoms with E-state index in [1.54, 1.807) is 30.3 Å². The quantitative estimate of drug-likeness (QED) is 0.301. The van der Waals surface area contributed by atoms with Crippen LogP contribution in [0.3, 0.4) is 0 Å². The number of carbonyl (C=O) groups is 1. The molecule has 0 radical (unpaired) electrons. The van der Waals surface area contributed by atoms with E-state index in [0.717, 1.165) is 11.1 Å². The molecule has 0 spiro atoms. The minimum absolute atomic E-state index is 0.387. The van der Waals surface area contributed by atoms with Crippen molar-refractivity contribution in [1.82, 2.24) is 0 Å². The standard InChI is InChI=1S/C15H14N2O2/c1-11-5-7-13(8-6-11)15(18)19-14-4-2-3-12(9-14)10-17-16/h2-10H,16H2,1H3. The Bertz CT molecular complexity index is 604. The zero-order valence-electron chi connectivity index (χ0n) is 10.5. The second-order valence-electron chi connectivity index (χ2n) is 4.11. The molecule has 4 heteroatoms. The van der Waals surface area contributed by atoms with Gasteiger partial charge in [0.05, 0.1) is 11.8 Å². The fourth-order valence-corrected chi connectivity index (χ4v) is 1.60. The SMILES string of the molecule is Cc1ccc(C(=O)Oc2cccc(C=NN)c2)cc1. The lowest BCUT2D eigenvalue weighted by Gasteiger charge is -2.05. The molecule has 0 aliphatic heterocycles. The highest BCUT2D eigenvalue weighted by Crippen LogP contribution is 2.14. The molecule has 0 saturated carbocycles. The Morgan fingerprint density at radius 3 is 2.63 bits per heavy atom. The lowest BCUT2D eigenvalue weighted by Crippen LogP contribution is -2.08. The van der Waals surface area contributed by atoms with E-state index < -0.39 is 0 Å². The molecule has 4 nitrogen and oxygen atoms in total. The third kappa shape index (κ3) is 3.42. The molecule has 0 heterocycles. The number of esters is 1. The van der Waals surface area contributed by atoms with E-state index in [0.29, 0.717) is 11.3 Å². The summed E-state index contributed by atoms with van der Waals surface area (Å²) in [5.41, 5.74) is 2.39. The maximum absolute atomic E-state index is 11.9.